The lowest BCUT2D eigenvalue weighted by Gasteiger charge is -2.43. The summed E-state index contributed by atoms with van der Waals surface area (Å²) < 4.78 is 6.30. The van der Waals surface area contributed by atoms with E-state index in [1.165, 1.54) is 0 Å². The molecule has 8 heteroatoms. The van der Waals surface area contributed by atoms with Crippen LogP contribution in [0.3, 0.4) is 0 Å². The van der Waals surface area contributed by atoms with Crippen molar-refractivity contribution in [3.05, 3.63) is 29.3 Å². The number of nitrogens with two attached hydrogens (primary N) is 1. The normalized spacial score (nSPS) is 25.5. The van der Waals surface area contributed by atoms with Crippen molar-refractivity contribution in [3.63, 3.8) is 0 Å². The van der Waals surface area contributed by atoms with Gasteiger partial charge in [0.05, 0.1) is 0 Å². The van der Waals surface area contributed by atoms with Crippen molar-refractivity contribution < 1.29 is 14.3 Å². The minimum absolute atomic E-state index is 0.0238. The summed E-state index contributed by atoms with van der Waals surface area (Å²) >= 11 is 11.5. The van der Waals surface area contributed by atoms with E-state index in [1.807, 2.05) is 4.90 Å². The Morgan fingerprint density at radius 2 is 1.76 bits per heavy atom. The van der Waals surface area contributed by atoms with Gasteiger partial charge in [-0.15, -0.1) is 11.6 Å². The maximum Gasteiger partial charge on any atom is 0.266 e. The molecule has 0 atom stereocenters. The van der Waals surface area contributed by atoms with E-state index < -0.39 is 5.60 Å². The molecule has 1 aromatic carbocycles. The Kier molecular flexibility index (Phi) is 7.66. The Labute approximate surface area is 182 Å². The summed E-state index contributed by atoms with van der Waals surface area (Å²) in [5, 5.41) is 3.47. The zero-order chi connectivity index (χ0) is 20.9. The summed E-state index contributed by atoms with van der Waals surface area (Å²) in [5.74, 6) is 0.877. The Balaban J connectivity index is 1.64. The Hall–Kier alpha value is -1.50. The molecule has 0 radical (unpaired) electrons. The lowest BCUT2D eigenvalue weighted by Crippen LogP contribution is -2.57. The van der Waals surface area contributed by atoms with E-state index in [2.05, 4.69) is 5.32 Å². The molecule has 3 rings (SSSR count). The summed E-state index contributed by atoms with van der Waals surface area (Å²) in [6.45, 7) is 1.94. The topological polar surface area (TPSA) is 84.7 Å². The number of carbonyl (C=O) groups excluding carboxylic acids is 2. The largest absolute Gasteiger partial charge is 0.477 e. The van der Waals surface area contributed by atoms with Gasteiger partial charge < -0.3 is 20.7 Å². The monoisotopic (exact) mass is 441 g/mol. The number of nitrogens with zero attached hydrogens (tertiary/aromatic N) is 1. The average molecular weight is 442 g/mol. The molecule has 1 aliphatic heterocycles. The molecule has 3 N–H and O–H groups in total. The van der Waals surface area contributed by atoms with E-state index in [4.69, 9.17) is 33.7 Å². The van der Waals surface area contributed by atoms with Crippen molar-refractivity contribution in [3.8, 4) is 5.75 Å². The molecule has 1 aliphatic carbocycles. The van der Waals surface area contributed by atoms with Crippen molar-refractivity contribution >= 4 is 35.0 Å². The first-order valence-electron chi connectivity index (χ1n) is 10.2. The second-order valence-electron chi connectivity index (χ2n) is 8.06. The Morgan fingerprint density at radius 3 is 2.34 bits per heavy atom. The van der Waals surface area contributed by atoms with E-state index in [1.54, 1.807) is 24.3 Å². The first kappa shape index (κ1) is 22.2. The van der Waals surface area contributed by atoms with Gasteiger partial charge in [-0.1, -0.05) is 11.6 Å². The van der Waals surface area contributed by atoms with Gasteiger partial charge in [-0.3, -0.25) is 9.59 Å². The van der Waals surface area contributed by atoms with Gasteiger partial charge in [0.25, 0.3) is 5.91 Å². The summed E-state index contributed by atoms with van der Waals surface area (Å²) in [4.78, 5) is 26.8. The number of hydrogen-bond donors (Lipinski definition) is 2. The number of alkyl halides is 1. The van der Waals surface area contributed by atoms with Gasteiger partial charge in [0.1, 0.15) is 11.6 Å². The molecule has 2 aliphatic rings. The molecule has 0 unspecified atom stereocenters. The van der Waals surface area contributed by atoms with Crippen molar-refractivity contribution in [2.45, 2.75) is 50.2 Å². The van der Waals surface area contributed by atoms with E-state index >= 15 is 0 Å². The number of halogens is 2. The summed E-state index contributed by atoms with van der Waals surface area (Å²) in [7, 11) is 0. The zero-order valence-corrected chi connectivity index (χ0v) is 18.1. The number of amides is 2. The quantitative estimate of drug-likeness (QED) is 0.664. The van der Waals surface area contributed by atoms with E-state index in [0.29, 0.717) is 49.2 Å². The second kappa shape index (κ2) is 10.0. The van der Waals surface area contributed by atoms with Crippen LogP contribution >= 0.6 is 23.2 Å². The highest BCUT2D eigenvalue weighted by Gasteiger charge is 2.46. The maximum atomic E-state index is 13.5. The lowest BCUT2D eigenvalue weighted by molar-refractivity contribution is -0.153. The highest BCUT2D eigenvalue weighted by atomic mass is 35.5. The van der Waals surface area contributed by atoms with Gasteiger partial charge in [-0.2, -0.15) is 0 Å². The predicted octanol–water partition coefficient (Wildman–Crippen LogP) is 2.95. The van der Waals surface area contributed by atoms with Crippen LogP contribution in [0.25, 0.3) is 0 Å². The van der Waals surface area contributed by atoms with Crippen LogP contribution in [-0.4, -0.2) is 53.9 Å². The maximum absolute atomic E-state index is 13.5. The number of likely N-dealkylation sites (tertiary alicyclic amines) is 1. The molecule has 6 nitrogen and oxygen atoms in total. The van der Waals surface area contributed by atoms with Crippen LogP contribution in [0.15, 0.2) is 24.3 Å². The van der Waals surface area contributed by atoms with Gasteiger partial charge >= 0.3 is 0 Å². The number of ether oxygens (including phenoxy) is 1. The molecular weight excluding hydrogens is 413 g/mol. The van der Waals surface area contributed by atoms with Crippen molar-refractivity contribution in [1.29, 1.82) is 0 Å². The number of piperidine rings is 1. The molecule has 0 spiro atoms. The van der Waals surface area contributed by atoms with E-state index in [9.17, 15) is 9.59 Å². The smallest absolute Gasteiger partial charge is 0.266 e. The van der Waals surface area contributed by atoms with E-state index in [0.717, 1.165) is 25.7 Å². The van der Waals surface area contributed by atoms with Gasteiger partial charge in [0.2, 0.25) is 5.91 Å². The number of hydrogen-bond acceptors (Lipinski definition) is 4. The molecule has 2 amide bonds. The highest BCUT2D eigenvalue weighted by Crippen LogP contribution is 2.36. The Morgan fingerprint density at radius 1 is 1.14 bits per heavy atom. The summed E-state index contributed by atoms with van der Waals surface area (Å²) in [6.07, 6.45) is 4.46. The van der Waals surface area contributed by atoms with Crippen molar-refractivity contribution in [1.82, 2.24) is 10.2 Å². The standard InChI is InChI=1S/C21H29Cl2N3O3/c22-13-19(27)25-14-15-7-11-26(12-8-15)20(28)21(9-5-17(24)6-10-21)29-18-3-1-16(23)2-4-18/h1-4,15,17H,5-14,24H2,(H,25,27). The van der Waals surface area contributed by atoms with Crippen LogP contribution in [0.5, 0.6) is 5.75 Å². The third-order valence-electron chi connectivity index (χ3n) is 5.97. The number of benzene rings is 1. The molecule has 1 saturated heterocycles. The third kappa shape index (κ3) is 5.77. The van der Waals surface area contributed by atoms with Crippen LogP contribution < -0.4 is 15.8 Å². The minimum atomic E-state index is -0.872. The second-order valence-corrected chi connectivity index (χ2v) is 8.76. The minimum Gasteiger partial charge on any atom is -0.477 e. The predicted molar refractivity (Wildman–Crippen MR) is 114 cm³/mol. The zero-order valence-electron chi connectivity index (χ0n) is 16.5. The summed E-state index contributed by atoms with van der Waals surface area (Å²) in [6, 6.07) is 7.25. The van der Waals surface area contributed by atoms with Gasteiger partial charge in [0.15, 0.2) is 5.60 Å². The molecule has 0 aromatic heterocycles. The van der Waals surface area contributed by atoms with Crippen LogP contribution in [0.1, 0.15) is 38.5 Å². The van der Waals surface area contributed by atoms with Gasteiger partial charge in [0, 0.05) is 30.7 Å². The number of carbonyl (C=O) groups is 2. The highest BCUT2D eigenvalue weighted by molar-refractivity contribution is 6.30. The molecular formula is C21H29Cl2N3O3. The first-order chi connectivity index (χ1) is 13.9. The number of nitrogens with one attached hydrogen (secondary N) is 1. The molecule has 160 valence electrons. The number of rotatable bonds is 6. The molecule has 1 aromatic rings. The average Bonchev–Trinajstić information content (AvgIpc) is 2.75. The van der Waals surface area contributed by atoms with Crippen molar-refractivity contribution in [2.75, 3.05) is 25.5 Å². The third-order valence-corrected chi connectivity index (χ3v) is 6.46. The van der Waals surface area contributed by atoms with E-state index in [-0.39, 0.29) is 23.7 Å². The SMILES string of the molecule is NC1CCC(Oc2ccc(Cl)cc2)(C(=O)N2CCC(CNC(=O)CCl)CC2)CC1. The molecule has 0 bridgehead atoms. The fourth-order valence-corrected chi connectivity index (χ4v) is 4.35. The van der Waals surface area contributed by atoms with Gasteiger partial charge in [-0.05, 0) is 68.7 Å². The fraction of sp³-hybridized carbons (Fsp3) is 0.619. The fourth-order valence-electron chi connectivity index (χ4n) is 4.13. The molecule has 29 heavy (non-hydrogen) atoms. The summed E-state index contributed by atoms with van der Waals surface area (Å²) in [5.41, 5.74) is 5.22. The van der Waals surface area contributed by atoms with Crippen molar-refractivity contribution in [2.24, 2.45) is 11.7 Å². The molecule has 1 heterocycles. The molecule has 1 saturated carbocycles. The van der Waals surface area contributed by atoms with Crippen LogP contribution in [0, 0.1) is 5.92 Å². The van der Waals surface area contributed by atoms with Crippen LogP contribution in [0.2, 0.25) is 5.02 Å². The van der Waals surface area contributed by atoms with Crippen LogP contribution in [-0.2, 0) is 9.59 Å². The Bertz CT molecular complexity index is 698. The van der Waals surface area contributed by atoms with Gasteiger partial charge in [-0.25, -0.2) is 0 Å². The molecule has 2 fully saturated rings. The lowest BCUT2D eigenvalue weighted by atomic mass is 9.80. The van der Waals surface area contributed by atoms with Crippen LogP contribution in [0.4, 0.5) is 0 Å². The first-order valence-corrected chi connectivity index (χ1v) is 11.2.